The van der Waals surface area contributed by atoms with Gasteiger partial charge in [-0.1, -0.05) is 0 Å². The van der Waals surface area contributed by atoms with Gasteiger partial charge in [0.05, 0.1) is 18.5 Å². The lowest BCUT2D eigenvalue weighted by atomic mass is 10.1. The van der Waals surface area contributed by atoms with Gasteiger partial charge in [-0.3, -0.25) is 24.0 Å². The molecule has 3 amide bonds. The van der Waals surface area contributed by atoms with Crippen LogP contribution in [0.1, 0.15) is 25.5 Å². The number of carboxylic acids is 2. The molecule has 1 heterocycles. The number of rotatable bonds is 13. The number of imidazole rings is 1. The lowest BCUT2D eigenvalue weighted by Crippen LogP contribution is -2.59. The van der Waals surface area contributed by atoms with Gasteiger partial charge in [0, 0.05) is 24.7 Å². The molecule has 4 atom stereocenters. The Labute approximate surface area is 176 Å². The fraction of sp³-hybridized carbons (Fsp3) is 0.529. The van der Waals surface area contributed by atoms with E-state index in [0.29, 0.717) is 5.69 Å². The van der Waals surface area contributed by atoms with E-state index in [-0.39, 0.29) is 19.3 Å². The number of aromatic nitrogens is 2. The second-order valence-electron chi connectivity index (χ2n) is 6.72. The van der Waals surface area contributed by atoms with Crippen LogP contribution >= 0.6 is 0 Å². The number of aromatic amines is 1. The number of amides is 3. The fourth-order valence-electron chi connectivity index (χ4n) is 2.45. The zero-order valence-corrected chi connectivity index (χ0v) is 16.7. The van der Waals surface area contributed by atoms with E-state index in [9.17, 15) is 29.1 Å². The Bertz CT molecular complexity index is 782. The Morgan fingerprint density at radius 1 is 1.10 bits per heavy atom. The number of aliphatic carboxylic acids is 2. The maximum atomic E-state index is 12.6. The molecule has 31 heavy (non-hydrogen) atoms. The number of hydrogen-bond acceptors (Lipinski definition) is 8. The van der Waals surface area contributed by atoms with Crippen molar-refractivity contribution < 1.29 is 39.3 Å². The fourth-order valence-corrected chi connectivity index (χ4v) is 2.45. The number of aliphatic hydroxyl groups excluding tert-OH is 1. The zero-order chi connectivity index (χ0) is 23.6. The van der Waals surface area contributed by atoms with E-state index in [4.69, 9.17) is 15.9 Å². The predicted molar refractivity (Wildman–Crippen MR) is 103 cm³/mol. The predicted octanol–water partition coefficient (Wildman–Crippen LogP) is -3.30. The first kappa shape index (κ1) is 25.5. The summed E-state index contributed by atoms with van der Waals surface area (Å²) in [5, 5.41) is 34.0. The van der Waals surface area contributed by atoms with Crippen LogP contribution in [0.25, 0.3) is 0 Å². The van der Waals surface area contributed by atoms with Crippen LogP contribution < -0.4 is 21.7 Å². The summed E-state index contributed by atoms with van der Waals surface area (Å²) in [5.74, 6) is -5.03. The normalized spacial score (nSPS) is 14.5. The molecule has 9 N–H and O–H groups in total. The lowest BCUT2D eigenvalue weighted by molar-refractivity contribution is -0.139. The second kappa shape index (κ2) is 12.2. The molecule has 0 spiro atoms. The zero-order valence-electron chi connectivity index (χ0n) is 16.7. The van der Waals surface area contributed by atoms with Crippen molar-refractivity contribution in [2.75, 3.05) is 6.54 Å². The third-order valence-electron chi connectivity index (χ3n) is 4.09. The summed E-state index contributed by atoms with van der Waals surface area (Å²) < 4.78 is 0. The summed E-state index contributed by atoms with van der Waals surface area (Å²) in [6.45, 7) is 0.547. The lowest BCUT2D eigenvalue weighted by Gasteiger charge is -2.25. The maximum Gasteiger partial charge on any atom is 0.322 e. The summed E-state index contributed by atoms with van der Waals surface area (Å²) >= 11 is 0. The van der Waals surface area contributed by atoms with Crippen LogP contribution in [-0.4, -0.2) is 85.7 Å². The average molecular weight is 442 g/mol. The molecule has 1 aromatic heterocycles. The van der Waals surface area contributed by atoms with Crippen LogP contribution in [0.2, 0.25) is 0 Å². The second-order valence-corrected chi connectivity index (χ2v) is 6.72. The van der Waals surface area contributed by atoms with E-state index < -0.39 is 60.4 Å². The monoisotopic (exact) mass is 442 g/mol. The minimum atomic E-state index is -1.50. The summed E-state index contributed by atoms with van der Waals surface area (Å²) in [6, 6.07) is -3.98. The molecule has 1 aromatic rings. The van der Waals surface area contributed by atoms with Crippen LogP contribution in [0.5, 0.6) is 0 Å². The topological polar surface area (TPSA) is 237 Å². The van der Waals surface area contributed by atoms with Gasteiger partial charge >= 0.3 is 11.9 Å². The van der Waals surface area contributed by atoms with E-state index in [1.54, 1.807) is 0 Å². The number of hydrogen-bond donors (Lipinski definition) is 8. The number of aliphatic hydroxyl groups is 1. The molecule has 0 saturated carbocycles. The highest BCUT2D eigenvalue weighted by Crippen LogP contribution is 2.03. The molecule has 0 aliphatic heterocycles. The Morgan fingerprint density at radius 2 is 1.77 bits per heavy atom. The van der Waals surface area contributed by atoms with Crippen LogP contribution in [0, 0.1) is 0 Å². The highest BCUT2D eigenvalue weighted by Gasteiger charge is 2.31. The largest absolute Gasteiger partial charge is 0.481 e. The number of carbonyl (C=O) groups is 5. The smallest absolute Gasteiger partial charge is 0.322 e. The highest BCUT2D eigenvalue weighted by atomic mass is 16.4. The standard InChI is InChI=1S/C17H26N6O8/c1-8(24)14(23-15(29)10(18)2-3-12(25)26)17(31)22-11(4-9-5-19-7-21-9)16(30)20-6-13(27)28/h5,7-8,10-11,14,24H,2-4,6,18H2,1H3,(H,19,21)(H,20,30)(H,22,31)(H,23,29)(H,25,26)(H,27,28). The molecule has 0 fully saturated rings. The summed E-state index contributed by atoms with van der Waals surface area (Å²) in [5.41, 5.74) is 6.06. The number of carbonyl (C=O) groups excluding carboxylic acids is 3. The van der Waals surface area contributed by atoms with Gasteiger partial charge in [0.2, 0.25) is 17.7 Å². The number of nitrogens with zero attached hydrogens (tertiary/aromatic N) is 1. The van der Waals surface area contributed by atoms with Crippen molar-refractivity contribution in [3.05, 3.63) is 18.2 Å². The molecule has 4 unspecified atom stereocenters. The first-order chi connectivity index (χ1) is 14.5. The number of nitrogens with one attached hydrogen (secondary N) is 4. The molecule has 0 radical (unpaired) electrons. The van der Waals surface area contributed by atoms with Gasteiger partial charge in [-0.15, -0.1) is 0 Å². The molecule has 1 rings (SSSR count). The van der Waals surface area contributed by atoms with Gasteiger partial charge < -0.3 is 42.0 Å². The number of H-pyrrole nitrogens is 1. The van der Waals surface area contributed by atoms with Crippen molar-refractivity contribution in [2.24, 2.45) is 5.73 Å². The van der Waals surface area contributed by atoms with Crippen LogP contribution in [0.4, 0.5) is 0 Å². The quantitative estimate of drug-likeness (QED) is 0.151. The summed E-state index contributed by atoms with van der Waals surface area (Å²) in [4.78, 5) is 65.0. The van der Waals surface area contributed by atoms with Gasteiger partial charge in [-0.2, -0.15) is 0 Å². The molecule has 0 aromatic carbocycles. The van der Waals surface area contributed by atoms with Crippen LogP contribution in [-0.2, 0) is 30.4 Å². The third kappa shape index (κ3) is 9.22. The first-order valence-electron chi connectivity index (χ1n) is 9.24. The van der Waals surface area contributed by atoms with Crippen LogP contribution in [0.3, 0.4) is 0 Å². The maximum absolute atomic E-state index is 12.6. The Morgan fingerprint density at radius 3 is 2.29 bits per heavy atom. The molecule has 0 saturated heterocycles. The van der Waals surface area contributed by atoms with E-state index in [2.05, 4.69) is 25.9 Å². The van der Waals surface area contributed by atoms with Crippen molar-refractivity contribution in [3.8, 4) is 0 Å². The third-order valence-corrected chi connectivity index (χ3v) is 4.09. The van der Waals surface area contributed by atoms with E-state index in [1.165, 1.54) is 19.4 Å². The highest BCUT2D eigenvalue weighted by molar-refractivity contribution is 5.94. The molecular formula is C17H26N6O8. The van der Waals surface area contributed by atoms with E-state index in [1.807, 2.05) is 0 Å². The van der Waals surface area contributed by atoms with E-state index in [0.717, 1.165) is 0 Å². The molecule has 14 nitrogen and oxygen atoms in total. The summed E-state index contributed by atoms with van der Waals surface area (Å²) in [6.07, 6.45) is 0.742. The molecule has 0 aliphatic rings. The Hall–Kier alpha value is -3.52. The van der Waals surface area contributed by atoms with Gasteiger partial charge in [-0.25, -0.2) is 4.98 Å². The molecule has 0 bridgehead atoms. The minimum Gasteiger partial charge on any atom is -0.481 e. The van der Waals surface area contributed by atoms with Crippen molar-refractivity contribution in [2.45, 2.75) is 50.4 Å². The van der Waals surface area contributed by atoms with Gasteiger partial charge in [0.15, 0.2) is 0 Å². The summed E-state index contributed by atoms with van der Waals surface area (Å²) in [7, 11) is 0. The Balaban J connectivity index is 2.87. The van der Waals surface area contributed by atoms with Crippen molar-refractivity contribution in [3.63, 3.8) is 0 Å². The number of nitrogens with two attached hydrogens (primary N) is 1. The Kier molecular flexibility index (Phi) is 10.1. The molecule has 0 aliphatic carbocycles. The van der Waals surface area contributed by atoms with Crippen LogP contribution in [0.15, 0.2) is 12.5 Å². The van der Waals surface area contributed by atoms with Gasteiger partial charge in [0.1, 0.15) is 18.6 Å². The molecular weight excluding hydrogens is 416 g/mol. The number of carboxylic acid groups (broad SMARTS) is 2. The minimum absolute atomic E-state index is 0.0736. The molecule has 14 heteroatoms. The SMILES string of the molecule is CC(O)C(NC(=O)C(N)CCC(=O)O)C(=O)NC(Cc1cnc[nH]1)C(=O)NCC(=O)O. The van der Waals surface area contributed by atoms with E-state index >= 15 is 0 Å². The van der Waals surface area contributed by atoms with Gasteiger partial charge in [0.25, 0.3) is 0 Å². The van der Waals surface area contributed by atoms with Crippen molar-refractivity contribution in [1.29, 1.82) is 0 Å². The van der Waals surface area contributed by atoms with Gasteiger partial charge in [-0.05, 0) is 13.3 Å². The van der Waals surface area contributed by atoms with Crippen molar-refractivity contribution in [1.82, 2.24) is 25.9 Å². The van der Waals surface area contributed by atoms with Crippen molar-refractivity contribution >= 4 is 29.7 Å². The first-order valence-corrected chi connectivity index (χ1v) is 9.24. The molecule has 172 valence electrons. The average Bonchev–Trinajstić information content (AvgIpc) is 3.20.